The molecule has 0 radical (unpaired) electrons. The van der Waals surface area contributed by atoms with Gasteiger partial charge in [-0.05, 0) is 44.9 Å². The zero-order valence-electron chi connectivity index (χ0n) is 14.4. The van der Waals surface area contributed by atoms with E-state index in [-0.39, 0.29) is 11.4 Å². The molecular formula is C20H23N3O. The number of aromatic nitrogens is 2. The Labute approximate surface area is 142 Å². The van der Waals surface area contributed by atoms with E-state index >= 15 is 0 Å². The summed E-state index contributed by atoms with van der Waals surface area (Å²) in [4.78, 5) is 20.0. The Hall–Kier alpha value is -2.62. The largest absolute Gasteiger partial charge is 0.351 e. The van der Waals surface area contributed by atoms with Crippen LogP contribution in [0.15, 0.2) is 48.5 Å². The van der Waals surface area contributed by atoms with Gasteiger partial charge in [0.25, 0.3) is 0 Å². The van der Waals surface area contributed by atoms with Gasteiger partial charge in [0.1, 0.15) is 5.82 Å². The first-order valence-corrected chi connectivity index (χ1v) is 8.26. The average Bonchev–Trinajstić information content (AvgIpc) is 2.95. The van der Waals surface area contributed by atoms with Gasteiger partial charge in [0.05, 0.1) is 11.0 Å². The van der Waals surface area contributed by atoms with Crippen LogP contribution in [0.5, 0.6) is 0 Å². The zero-order chi connectivity index (χ0) is 17.2. The molecule has 24 heavy (non-hydrogen) atoms. The molecular weight excluding hydrogens is 298 g/mol. The first-order valence-electron chi connectivity index (χ1n) is 8.26. The van der Waals surface area contributed by atoms with Crippen LogP contribution in [0.4, 0.5) is 0 Å². The van der Waals surface area contributed by atoms with Gasteiger partial charge in [0.15, 0.2) is 0 Å². The van der Waals surface area contributed by atoms with E-state index in [9.17, 15) is 4.79 Å². The minimum Gasteiger partial charge on any atom is -0.351 e. The highest BCUT2D eigenvalue weighted by molar-refractivity contribution is 5.80. The number of aryl methyl sites for hydroxylation is 1. The van der Waals surface area contributed by atoms with Crippen molar-refractivity contribution in [3.63, 3.8) is 0 Å². The third-order valence-electron chi connectivity index (χ3n) is 3.75. The molecule has 0 fully saturated rings. The van der Waals surface area contributed by atoms with Gasteiger partial charge in [0.2, 0.25) is 5.91 Å². The van der Waals surface area contributed by atoms with Crippen LogP contribution >= 0.6 is 0 Å². The number of rotatable bonds is 4. The number of H-pyrrole nitrogens is 1. The lowest BCUT2D eigenvalue weighted by atomic mass is 10.1. The smallest absolute Gasteiger partial charge is 0.220 e. The van der Waals surface area contributed by atoms with Crippen molar-refractivity contribution in [2.45, 2.75) is 39.2 Å². The highest BCUT2D eigenvalue weighted by Crippen LogP contribution is 2.21. The molecule has 0 saturated carbocycles. The summed E-state index contributed by atoms with van der Waals surface area (Å²) in [6.07, 6.45) is 1.21. The summed E-state index contributed by atoms with van der Waals surface area (Å²) in [5, 5.41) is 2.99. The van der Waals surface area contributed by atoms with Gasteiger partial charge in [-0.3, -0.25) is 4.79 Å². The van der Waals surface area contributed by atoms with Crippen LogP contribution < -0.4 is 5.32 Å². The Bertz CT molecular complexity index is 844. The SMILES string of the molecule is CC(C)(C)NC(=O)CCc1ccc2nc(-c3ccccc3)[nH]c2c1. The number of benzene rings is 2. The van der Waals surface area contributed by atoms with Gasteiger partial charge in [-0.25, -0.2) is 4.98 Å². The first kappa shape index (κ1) is 16.2. The number of carbonyl (C=O) groups excluding carboxylic acids is 1. The van der Waals surface area contributed by atoms with E-state index in [2.05, 4.69) is 21.4 Å². The molecule has 0 spiro atoms. The molecule has 2 N–H and O–H groups in total. The highest BCUT2D eigenvalue weighted by atomic mass is 16.1. The van der Waals surface area contributed by atoms with Crippen LogP contribution in [0.3, 0.4) is 0 Å². The van der Waals surface area contributed by atoms with E-state index in [0.717, 1.165) is 34.4 Å². The molecule has 0 atom stereocenters. The summed E-state index contributed by atoms with van der Waals surface area (Å²) >= 11 is 0. The van der Waals surface area contributed by atoms with Gasteiger partial charge >= 0.3 is 0 Å². The van der Waals surface area contributed by atoms with Gasteiger partial charge in [-0.15, -0.1) is 0 Å². The lowest BCUT2D eigenvalue weighted by Gasteiger charge is -2.20. The first-order chi connectivity index (χ1) is 11.4. The number of hydrogen-bond donors (Lipinski definition) is 2. The fraction of sp³-hybridized carbons (Fsp3) is 0.300. The maximum Gasteiger partial charge on any atom is 0.220 e. The molecule has 4 heteroatoms. The van der Waals surface area contributed by atoms with E-state index in [0.29, 0.717) is 6.42 Å². The Kier molecular flexibility index (Phi) is 4.38. The molecule has 124 valence electrons. The predicted octanol–water partition coefficient (Wildman–Crippen LogP) is 4.08. The number of fused-ring (bicyclic) bond motifs is 1. The van der Waals surface area contributed by atoms with Crippen molar-refractivity contribution in [2.24, 2.45) is 0 Å². The van der Waals surface area contributed by atoms with Crippen LogP contribution in [-0.4, -0.2) is 21.4 Å². The molecule has 3 aromatic rings. The van der Waals surface area contributed by atoms with Crippen LogP contribution in [0, 0.1) is 0 Å². The van der Waals surface area contributed by atoms with Crippen molar-refractivity contribution < 1.29 is 4.79 Å². The lowest BCUT2D eigenvalue weighted by molar-refractivity contribution is -0.122. The van der Waals surface area contributed by atoms with Crippen LogP contribution in [0.1, 0.15) is 32.8 Å². The number of hydrogen-bond acceptors (Lipinski definition) is 2. The van der Waals surface area contributed by atoms with Gasteiger partial charge in [-0.2, -0.15) is 0 Å². The van der Waals surface area contributed by atoms with Crippen molar-refractivity contribution in [1.29, 1.82) is 0 Å². The van der Waals surface area contributed by atoms with Crippen LogP contribution in [-0.2, 0) is 11.2 Å². The molecule has 3 rings (SSSR count). The Morgan fingerprint density at radius 2 is 1.88 bits per heavy atom. The van der Waals surface area contributed by atoms with Crippen molar-refractivity contribution >= 4 is 16.9 Å². The normalized spacial score (nSPS) is 11.6. The number of aromatic amines is 1. The van der Waals surface area contributed by atoms with Crippen molar-refractivity contribution in [3.8, 4) is 11.4 Å². The summed E-state index contributed by atoms with van der Waals surface area (Å²) in [5.74, 6) is 0.949. The third kappa shape index (κ3) is 4.02. The minimum atomic E-state index is -0.186. The van der Waals surface area contributed by atoms with Gasteiger partial charge in [-0.1, -0.05) is 36.4 Å². The van der Waals surface area contributed by atoms with E-state index in [1.54, 1.807) is 0 Å². The van der Waals surface area contributed by atoms with E-state index in [4.69, 9.17) is 0 Å². The molecule has 4 nitrogen and oxygen atoms in total. The summed E-state index contributed by atoms with van der Waals surface area (Å²) in [6, 6.07) is 16.2. The monoisotopic (exact) mass is 321 g/mol. The average molecular weight is 321 g/mol. The Balaban J connectivity index is 1.73. The number of amides is 1. The number of nitrogens with one attached hydrogen (secondary N) is 2. The van der Waals surface area contributed by atoms with E-state index < -0.39 is 0 Å². The highest BCUT2D eigenvalue weighted by Gasteiger charge is 2.13. The molecule has 0 bridgehead atoms. The summed E-state index contributed by atoms with van der Waals surface area (Å²) < 4.78 is 0. The molecule has 0 aliphatic heterocycles. The number of imidazole rings is 1. The van der Waals surface area contributed by atoms with Crippen LogP contribution in [0.2, 0.25) is 0 Å². The molecule has 1 amide bonds. The fourth-order valence-electron chi connectivity index (χ4n) is 2.68. The second-order valence-corrected chi connectivity index (χ2v) is 7.10. The third-order valence-corrected chi connectivity index (χ3v) is 3.75. The summed E-state index contributed by atoms with van der Waals surface area (Å²) in [6.45, 7) is 5.98. The molecule has 0 aliphatic carbocycles. The lowest BCUT2D eigenvalue weighted by Crippen LogP contribution is -2.40. The molecule has 0 aliphatic rings. The number of carbonyl (C=O) groups is 1. The standard InChI is InChI=1S/C20H23N3O/c1-20(2,3)23-18(24)12-10-14-9-11-16-17(13-14)22-19(21-16)15-7-5-4-6-8-15/h4-9,11,13H,10,12H2,1-3H3,(H,21,22)(H,23,24). The van der Waals surface area contributed by atoms with Crippen molar-refractivity contribution in [2.75, 3.05) is 0 Å². The predicted molar refractivity (Wildman–Crippen MR) is 97.7 cm³/mol. The van der Waals surface area contributed by atoms with Crippen LogP contribution in [0.25, 0.3) is 22.4 Å². The molecule has 2 aromatic carbocycles. The molecule has 1 aromatic heterocycles. The maximum absolute atomic E-state index is 12.0. The van der Waals surface area contributed by atoms with E-state index in [1.165, 1.54) is 0 Å². The fourth-order valence-corrected chi connectivity index (χ4v) is 2.68. The van der Waals surface area contributed by atoms with Crippen molar-refractivity contribution in [1.82, 2.24) is 15.3 Å². The zero-order valence-corrected chi connectivity index (χ0v) is 14.4. The quantitative estimate of drug-likeness (QED) is 0.761. The summed E-state index contributed by atoms with van der Waals surface area (Å²) in [5.41, 5.74) is 3.96. The Morgan fingerprint density at radius 3 is 2.58 bits per heavy atom. The van der Waals surface area contributed by atoms with E-state index in [1.807, 2.05) is 63.2 Å². The molecule has 0 saturated heterocycles. The van der Waals surface area contributed by atoms with Gasteiger partial charge in [0, 0.05) is 17.5 Å². The van der Waals surface area contributed by atoms with Gasteiger partial charge < -0.3 is 10.3 Å². The second kappa shape index (κ2) is 6.48. The molecule has 1 heterocycles. The van der Waals surface area contributed by atoms with Crippen molar-refractivity contribution in [3.05, 3.63) is 54.1 Å². The maximum atomic E-state index is 12.0. The summed E-state index contributed by atoms with van der Waals surface area (Å²) in [7, 11) is 0. The number of nitrogens with zero attached hydrogens (tertiary/aromatic N) is 1. The second-order valence-electron chi connectivity index (χ2n) is 7.10. The molecule has 0 unspecified atom stereocenters. The topological polar surface area (TPSA) is 57.8 Å². The minimum absolute atomic E-state index is 0.0807. The Morgan fingerprint density at radius 1 is 1.12 bits per heavy atom.